The summed E-state index contributed by atoms with van der Waals surface area (Å²) in [5.74, 6) is -2.17. The highest BCUT2D eigenvalue weighted by Gasteiger charge is 2.69. The second-order valence-corrected chi connectivity index (χ2v) is 14.6. The molecule has 5 aliphatic rings. The number of nitrogens with zero attached hydrogens (tertiary/aromatic N) is 2. The Kier molecular flexibility index (Phi) is 6.89. The fourth-order valence-electron chi connectivity index (χ4n) is 8.15. The van der Waals surface area contributed by atoms with Crippen molar-refractivity contribution in [3.8, 4) is 5.75 Å². The molecule has 7 atom stereocenters. The molecule has 1 aromatic heterocycles. The number of halogens is 2. The summed E-state index contributed by atoms with van der Waals surface area (Å²) in [5, 5.41) is 1.22. The van der Waals surface area contributed by atoms with Crippen LogP contribution in [0.3, 0.4) is 0 Å². The predicted molar refractivity (Wildman–Crippen MR) is 162 cm³/mol. The third-order valence-electron chi connectivity index (χ3n) is 9.83. The van der Waals surface area contributed by atoms with Crippen LogP contribution in [0.2, 0.25) is 5.02 Å². The van der Waals surface area contributed by atoms with Crippen molar-refractivity contribution >= 4 is 58.1 Å². The Morgan fingerprint density at radius 2 is 1.77 bits per heavy atom. The van der Waals surface area contributed by atoms with Crippen LogP contribution in [0, 0.1) is 35.4 Å². The van der Waals surface area contributed by atoms with E-state index in [1.54, 1.807) is 28.8 Å². The number of rotatable bonds is 5. The lowest BCUT2D eigenvalue weighted by atomic mass is 9.68. The van der Waals surface area contributed by atoms with E-state index in [0.717, 1.165) is 26.8 Å². The number of benzene rings is 2. The predicted octanol–water partition coefficient (Wildman–Crippen LogP) is 4.14. The van der Waals surface area contributed by atoms with Gasteiger partial charge in [0, 0.05) is 39.7 Å². The van der Waals surface area contributed by atoms with E-state index in [0.29, 0.717) is 49.2 Å². The highest BCUT2D eigenvalue weighted by atomic mass is 35.5. The topological polar surface area (TPSA) is 109 Å². The van der Waals surface area contributed by atoms with Gasteiger partial charge in [-0.15, -0.1) is 11.8 Å². The number of carbonyl (C=O) groups excluding carboxylic acids is 3. The summed E-state index contributed by atoms with van der Waals surface area (Å²) in [6, 6.07) is 10.7. The fraction of sp³-hybridized carbons (Fsp3) is 0.419. The Hall–Kier alpha value is -3.19. The van der Waals surface area contributed by atoms with Crippen LogP contribution in [-0.4, -0.2) is 65.8 Å². The van der Waals surface area contributed by atoms with Gasteiger partial charge in [-0.25, -0.2) is 4.39 Å². The molecule has 0 radical (unpaired) electrons. The maximum atomic E-state index is 13.9. The van der Waals surface area contributed by atoms with Gasteiger partial charge in [-0.05, 0) is 66.6 Å². The van der Waals surface area contributed by atoms with Gasteiger partial charge in [0.25, 0.3) is 5.91 Å². The van der Waals surface area contributed by atoms with Gasteiger partial charge < -0.3 is 19.4 Å². The summed E-state index contributed by atoms with van der Waals surface area (Å²) in [6.07, 6.45) is 0.717. The fourth-order valence-corrected chi connectivity index (χ4v) is 11.2. The number of anilines is 1. The quantitative estimate of drug-likeness (QED) is 0.412. The van der Waals surface area contributed by atoms with E-state index in [-0.39, 0.29) is 58.1 Å². The van der Waals surface area contributed by atoms with Crippen LogP contribution < -0.4 is 14.5 Å². The van der Waals surface area contributed by atoms with Gasteiger partial charge >= 0.3 is 4.87 Å². The lowest BCUT2D eigenvalue weighted by Crippen LogP contribution is -2.43. The number of nitrogens with one attached hydrogen (secondary N) is 1. The average Bonchev–Trinajstić information content (AvgIpc) is 3.76. The zero-order valence-corrected chi connectivity index (χ0v) is 25.6. The van der Waals surface area contributed by atoms with E-state index in [9.17, 15) is 23.6 Å². The molecule has 6 unspecified atom stereocenters. The lowest BCUT2D eigenvalue weighted by Gasteiger charge is -2.43. The summed E-state index contributed by atoms with van der Waals surface area (Å²) in [5.41, 5.74) is 1.14. The second-order valence-electron chi connectivity index (χ2n) is 11.9. The molecule has 4 fully saturated rings. The second kappa shape index (κ2) is 10.7. The Morgan fingerprint density at radius 1 is 1.05 bits per heavy atom. The van der Waals surface area contributed by atoms with Crippen LogP contribution in [0.4, 0.5) is 10.1 Å². The minimum absolute atomic E-state index is 0.0317. The minimum Gasteiger partial charge on any atom is -0.483 e. The summed E-state index contributed by atoms with van der Waals surface area (Å²) in [4.78, 5) is 60.0. The Morgan fingerprint density at radius 3 is 2.52 bits per heavy atom. The van der Waals surface area contributed by atoms with Gasteiger partial charge in [0.2, 0.25) is 11.8 Å². The maximum Gasteiger partial charge on any atom is 0.305 e. The number of thioether (sulfide) groups is 1. The number of thiazole rings is 1. The van der Waals surface area contributed by atoms with Crippen molar-refractivity contribution in [1.82, 2.24) is 9.88 Å². The molecular weight excluding hydrogens is 629 g/mol. The molecular formula is C31H27ClFN3O6S2. The highest BCUT2D eigenvalue weighted by Crippen LogP contribution is 2.69. The Balaban J connectivity index is 1.16. The Labute approximate surface area is 264 Å². The molecule has 3 aromatic rings. The van der Waals surface area contributed by atoms with Crippen molar-refractivity contribution in [2.24, 2.45) is 29.6 Å². The number of aromatic nitrogens is 1. The number of ether oxygens (including phenoxy) is 2. The molecule has 2 aromatic carbocycles. The molecule has 8 rings (SSSR count). The van der Waals surface area contributed by atoms with Crippen molar-refractivity contribution in [2.45, 2.75) is 22.6 Å². The summed E-state index contributed by atoms with van der Waals surface area (Å²) >= 11 is 9.28. The van der Waals surface area contributed by atoms with Crippen molar-refractivity contribution in [1.29, 1.82) is 0 Å². The molecule has 44 heavy (non-hydrogen) atoms. The van der Waals surface area contributed by atoms with Crippen LogP contribution in [0.5, 0.6) is 5.75 Å². The van der Waals surface area contributed by atoms with Crippen molar-refractivity contribution in [3.05, 3.63) is 73.4 Å². The first-order chi connectivity index (χ1) is 21.3. The molecule has 228 valence electrons. The normalized spacial score (nSPS) is 30.4. The lowest BCUT2D eigenvalue weighted by molar-refractivity contribution is -0.137. The van der Waals surface area contributed by atoms with Crippen LogP contribution in [0.1, 0.15) is 22.8 Å². The summed E-state index contributed by atoms with van der Waals surface area (Å²) in [6.45, 7) is 1.83. The first-order valence-corrected chi connectivity index (χ1v) is 16.7. The molecule has 2 saturated carbocycles. The van der Waals surface area contributed by atoms with Gasteiger partial charge in [0.15, 0.2) is 6.61 Å². The summed E-state index contributed by atoms with van der Waals surface area (Å²) in [7, 11) is 0. The van der Waals surface area contributed by atoms with Gasteiger partial charge in [0.1, 0.15) is 11.6 Å². The van der Waals surface area contributed by atoms with E-state index in [1.165, 1.54) is 29.2 Å². The number of fused-ring (bicyclic) bond motifs is 9. The standard InChI is InChI=1S/C31H27ClFN3O6S2/c32-14-1-6-20(42-13-21(37)35-7-9-41-10-8-35)17(11-14)22-23-18-12-19(26(23)43-28-27(22)44-31(40)34-28)25-24(18)29(38)36(30(25)39)16-4-2-15(33)3-5-16/h1-6,11,18-19,22-26H,7-10,12-13H2,(H,34,40)/t18?,19?,22-,23?,24?,25?,26?/m1/s1. The highest BCUT2D eigenvalue weighted by molar-refractivity contribution is 8.00. The largest absolute Gasteiger partial charge is 0.483 e. The van der Waals surface area contributed by atoms with E-state index >= 15 is 0 Å². The number of hydrogen-bond acceptors (Lipinski definition) is 8. The average molecular weight is 656 g/mol. The third-order valence-corrected chi connectivity index (χ3v) is 12.7. The van der Waals surface area contributed by atoms with E-state index < -0.39 is 17.7 Å². The maximum absolute atomic E-state index is 13.9. The number of amides is 3. The number of morpholine rings is 1. The molecule has 0 spiro atoms. The van der Waals surface area contributed by atoms with E-state index in [2.05, 4.69) is 4.98 Å². The summed E-state index contributed by atoms with van der Waals surface area (Å²) < 4.78 is 25.2. The third kappa shape index (κ3) is 4.36. The van der Waals surface area contributed by atoms with Crippen LogP contribution in [0.25, 0.3) is 0 Å². The first-order valence-electron chi connectivity index (χ1n) is 14.6. The van der Waals surface area contributed by atoms with Crippen molar-refractivity contribution in [3.63, 3.8) is 0 Å². The van der Waals surface area contributed by atoms with Crippen molar-refractivity contribution < 1.29 is 28.2 Å². The number of imide groups is 1. The monoisotopic (exact) mass is 655 g/mol. The zero-order chi connectivity index (χ0) is 30.3. The molecule has 3 aliphatic heterocycles. The zero-order valence-electron chi connectivity index (χ0n) is 23.2. The molecule has 2 aliphatic carbocycles. The van der Waals surface area contributed by atoms with E-state index in [1.807, 2.05) is 6.07 Å². The smallest absolute Gasteiger partial charge is 0.305 e. The molecule has 1 N–H and O–H groups in total. The van der Waals surface area contributed by atoms with Gasteiger partial charge in [-0.3, -0.25) is 24.1 Å². The minimum atomic E-state index is -0.509. The number of hydrogen-bond donors (Lipinski definition) is 1. The molecule has 2 saturated heterocycles. The Bertz CT molecular complexity index is 1740. The van der Waals surface area contributed by atoms with Gasteiger partial charge in [0.05, 0.1) is 35.8 Å². The van der Waals surface area contributed by atoms with Crippen LogP contribution in [0.15, 0.2) is 52.3 Å². The first kappa shape index (κ1) is 28.3. The van der Waals surface area contributed by atoms with Crippen molar-refractivity contribution in [2.75, 3.05) is 37.8 Å². The van der Waals surface area contributed by atoms with E-state index in [4.69, 9.17) is 21.1 Å². The molecule has 2 bridgehead atoms. The SMILES string of the molecule is O=C(COc1ccc(Cl)cc1[C@H]1c2sc(=O)[nH]c2SC2C3CC(C4C(=O)N(c5ccc(F)cc5)C(=O)C34)C21)N1CCOCC1. The van der Waals surface area contributed by atoms with Gasteiger partial charge in [-0.2, -0.15) is 0 Å². The number of carbonyl (C=O) groups is 3. The van der Waals surface area contributed by atoms with Crippen LogP contribution in [-0.2, 0) is 19.1 Å². The number of H-pyrrole nitrogens is 1. The van der Waals surface area contributed by atoms with Gasteiger partial charge in [-0.1, -0.05) is 22.9 Å². The molecule has 9 nitrogen and oxygen atoms in total. The molecule has 13 heteroatoms. The number of aromatic amines is 1. The molecule has 4 heterocycles. The van der Waals surface area contributed by atoms with Crippen LogP contribution >= 0.6 is 34.7 Å². The molecule has 3 amide bonds.